The molecule has 2 aromatic rings. The van der Waals surface area contributed by atoms with E-state index in [1.807, 2.05) is 30.5 Å². The third-order valence-electron chi connectivity index (χ3n) is 4.30. The first-order valence-corrected chi connectivity index (χ1v) is 9.14. The number of aromatic nitrogens is 2. The highest BCUT2D eigenvalue weighted by Gasteiger charge is 2.24. The van der Waals surface area contributed by atoms with E-state index >= 15 is 0 Å². The summed E-state index contributed by atoms with van der Waals surface area (Å²) in [6.07, 6.45) is 7.59. The van der Waals surface area contributed by atoms with Gasteiger partial charge in [-0.25, -0.2) is 4.98 Å². The summed E-state index contributed by atoms with van der Waals surface area (Å²) in [7, 11) is 0. The Morgan fingerprint density at radius 1 is 1.12 bits per heavy atom. The number of aliphatic carboxylic acids is 1. The highest BCUT2D eigenvalue weighted by Crippen LogP contribution is 2.29. The minimum absolute atomic E-state index is 0.129. The molecule has 0 aromatic carbocycles. The summed E-state index contributed by atoms with van der Waals surface area (Å²) in [5.74, 6) is 0.191. The highest BCUT2D eigenvalue weighted by molar-refractivity contribution is 14.1. The molecule has 126 valence electrons. The molecule has 0 unspecified atom stereocenters. The molecule has 5 nitrogen and oxygen atoms in total. The van der Waals surface area contributed by atoms with Crippen molar-refractivity contribution in [1.82, 2.24) is 9.97 Å². The van der Waals surface area contributed by atoms with Crippen molar-refractivity contribution >= 4 is 28.6 Å². The van der Waals surface area contributed by atoms with E-state index in [2.05, 4.69) is 32.6 Å². The van der Waals surface area contributed by atoms with Gasteiger partial charge in [-0.2, -0.15) is 0 Å². The molecule has 6 heteroatoms. The molecule has 0 bridgehead atoms. The fourth-order valence-corrected chi connectivity index (χ4v) is 3.34. The van der Waals surface area contributed by atoms with Gasteiger partial charge in [0.2, 0.25) is 5.88 Å². The average molecular weight is 438 g/mol. The van der Waals surface area contributed by atoms with Crippen molar-refractivity contribution in [3.63, 3.8) is 0 Å². The normalized spacial score (nSPS) is 20.5. The number of hydrogen-bond donors (Lipinski definition) is 1. The number of ether oxygens (including phenoxy) is 1. The Balaban J connectivity index is 1.55. The van der Waals surface area contributed by atoms with Gasteiger partial charge in [-0.05, 0) is 72.4 Å². The van der Waals surface area contributed by atoms with Crippen LogP contribution in [0.25, 0.3) is 11.3 Å². The summed E-state index contributed by atoms with van der Waals surface area (Å²) in [6.45, 7) is 0. The van der Waals surface area contributed by atoms with Crippen molar-refractivity contribution in [2.24, 2.45) is 5.92 Å². The van der Waals surface area contributed by atoms with E-state index in [0.717, 1.165) is 40.5 Å². The minimum Gasteiger partial charge on any atom is -0.481 e. The van der Waals surface area contributed by atoms with Crippen molar-refractivity contribution in [2.45, 2.75) is 38.2 Å². The maximum atomic E-state index is 10.8. The predicted octanol–water partition coefficient (Wildman–Crippen LogP) is 4.16. The van der Waals surface area contributed by atoms with Crippen LogP contribution in [0.1, 0.15) is 32.1 Å². The van der Waals surface area contributed by atoms with E-state index in [-0.39, 0.29) is 18.4 Å². The van der Waals surface area contributed by atoms with Crippen molar-refractivity contribution in [2.75, 3.05) is 0 Å². The van der Waals surface area contributed by atoms with Crippen LogP contribution in [0.5, 0.6) is 5.88 Å². The molecular weight excluding hydrogens is 419 g/mol. The van der Waals surface area contributed by atoms with Crippen molar-refractivity contribution < 1.29 is 14.6 Å². The Hall–Kier alpha value is -1.70. The summed E-state index contributed by atoms with van der Waals surface area (Å²) < 4.78 is 7.04. The molecule has 24 heavy (non-hydrogen) atoms. The zero-order valence-corrected chi connectivity index (χ0v) is 15.3. The number of carboxylic acid groups (broad SMARTS) is 1. The van der Waals surface area contributed by atoms with Crippen molar-refractivity contribution in [3.05, 3.63) is 40.2 Å². The second-order valence-corrected chi connectivity index (χ2v) is 7.35. The van der Waals surface area contributed by atoms with Gasteiger partial charge < -0.3 is 9.84 Å². The molecule has 0 saturated heterocycles. The number of hydrogen-bond acceptors (Lipinski definition) is 4. The number of pyridine rings is 2. The van der Waals surface area contributed by atoms with Gasteiger partial charge in [0.1, 0.15) is 6.10 Å². The van der Waals surface area contributed by atoms with Crippen LogP contribution in [0.2, 0.25) is 0 Å². The molecule has 1 fully saturated rings. The molecule has 0 atom stereocenters. The number of halogens is 1. The Morgan fingerprint density at radius 2 is 1.92 bits per heavy atom. The van der Waals surface area contributed by atoms with Crippen LogP contribution < -0.4 is 4.74 Å². The maximum Gasteiger partial charge on any atom is 0.303 e. The standard InChI is InChI=1S/C18H19IN2O3/c19-14-4-7-16(20-11-14)13-3-8-17(21-10-13)24-15-5-1-12(2-6-15)9-18(22)23/h3-4,7-8,10-12,15H,1-2,5-6,9H2,(H,22,23)/t12-,15-. The summed E-state index contributed by atoms with van der Waals surface area (Å²) in [6, 6.07) is 7.83. The lowest BCUT2D eigenvalue weighted by Gasteiger charge is -2.27. The van der Waals surface area contributed by atoms with Gasteiger partial charge in [0.25, 0.3) is 0 Å². The fraction of sp³-hybridized carbons (Fsp3) is 0.389. The summed E-state index contributed by atoms with van der Waals surface area (Å²) in [4.78, 5) is 19.5. The van der Waals surface area contributed by atoms with Crippen LogP contribution in [-0.2, 0) is 4.79 Å². The van der Waals surface area contributed by atoms with E-state index in [1.54, 1.807) is 6.20 Å². The second kappa shape index (κ2) is 7.92. The molecule has 1 saturated carbocycles. The zero-order valence-electron chi connectivity index (χ0n) is 13.2. The maximum absolute atomic E-state index is 10.8. The van der Waals surface area contributed by atoms with Gasteiger partial charge in [0.05, 0.1) is 5.69 Å². The third-order valence-corrected chi connectivity index (χ3v) is 4.94. The zero-order chi connectivity index (χ0) is 16.9. The number of carboxylic acids is 1. The van der Waals surface area contributed by atoms with Crippen LogP contribution in [0.3, 0.4) is 0 Å². The van der Waals surface area contributed by atoms with Crippen molar-refractivity contribution in [1.29, 1.82) is 0 Å². The van der Waals surface area contributed by atoms with E-state index in [0.29, 0.717) is 5.88 Å². The Labute approximate surface area is 154 Å². The number of rotatable bonds is 5. The van der Waals surface area contributed by atoms with Gasteiger partial charge in [-0.1, -0.05) is 0 Å². The molecule has 1 aliphatic carbocycles. The lowest BCUT2D eigenvalue weighted by Crippen LogP contribution is -2.25. The van der Waals surface area contributed by atoms with Gasteiger partial charge >= 0.3 is 5.97 Å². The van der Waals surface area contributed by atoms with Gasteiger partial charge in [0, 0.05) is 34.0 Å². The summed E-state index contributed by atoms with van der Waals surface area (Å²) in [5, 5.41) is 8.86. The first-order chi connectivity index (χ1) is 11.6. The SMILES string of the molecule is O=C(O)C[C@H]1CC[C@H](Oc2ccc(-c3ccc(I)cn3)cn2)CC1. The van der Waals surface area contributed by atoms with E-state index in [9.17, 15) is 4.79 Å². The molecule has 0 amide bonds. The molecular formula is C18H19IN2O3. The smallest absolute Gasteiger partial charge is 0.303 e. The summed E-state index contributed by atoms with van der Waals surface area (Å²) in [5.41, 5.74) is 1.85. The van der Waals surface area contributed by atoms with Gasteiger partial charge in [-0.15, -0.1) is 0 Å². The van der Waals surface area contributed by atoms with Crippen LogP contribution in [-0.4, -0.2) is 27.1 Å². The van der Waals surface area contributed by atoms with Gasteiger partial charge in [0.15, 0.2) is 0 Å². The molecule has 1 N–H and O–H groups in total. The van der Waals surface area contributed by atoms with Gasteiger partial charge in [-0.3, -0.25) is 9.78 Å². The van der Waals surface area contributed by atoms with E-state index in [4.69, 9.17) is 9.84 Å². The Kier molecular flexibility index (Phi) is 5.65. The second-order valence-electron chi connectivity index (χ2n) is 6.11. The molecule has 2 heterocycles. The van der Waals surface area contributed by atoms with Crippen LogP contribution in [0.15, 0.2) is 36.7 Å². The van der Waals surface area contributed by atoms with E-state index in [1.165, 1.54) is 0 Å². The highest BCUT2D eigenvalue weighted by atomic mass is 127. The number of nitrogens with zero attached hydrogens (tertiary/aromatic N) is 2. The molecule has 3 rings (SSSR count). The predicted molar refractivity (Wildman–Crippen MR) is 98.8 cm³/mol. The van der Waals surface area contributed by atoms with E-state index < -0.39 is 5.97 Å². The molecule has 0 radical (unpaired) electrons. The lowest BCUT2D eigenvalue weighted by molar-refractivity contribution is -0.138. The first-order valence-electron chi connectivity index (χ1n) is 8.06. The average Bonchev–Trinajstić information content (AvgIpc) is 2.58. The molecule has 0 aliphatic heterocycles. The summed E-state index contributed by atoms with van der Waals surface area (Å²) >= 11 is 2.23. The quantitative estimate of drug-likeness (QED) is 0.710. The molecule has 0 spiro atoms. The Bertz CT molecular complexity index is 680. The molecule has 2 aromatic heterocycles. The van der Waals surface area contributed by atoms with Crippen LogP contribution in [0.4, 0.5) is 0 Å². The minimum atomic E-state index is -0.708. The topological polar surface area (TPSA) is 72.3 Å². The monoisotopic (exact) mass is 438 g/mol. The molecule has 1 aliphatic rings. The number of carbonyl (C=O) groups is 1. The first kappa shape index (κ1) is 17.1. The fourth-order valence-electron chi connectivity index (χ4n) is 3.02. The van der Waals surface area contributed by atoms with Crippen LogP contribution in [0, 0.1) is 9.49 Å². The Morgan fingerprint density at radius 3 is 2.50 bits per heavy atom. The van der Waals surface area contributed by atoms with Crippen molar-refractivity contribution in [3.8, 4) is 17.1 Å². The van der Waals surface area contributed by atoms with Crippen LogP contribution >= 0.6 is 22.6 Å². The lowest BCUT2D eigenvalue weighted by atomic mass is 9.85. The third kappa shape index (κ3) is 4.66. The largest absolute Gasteiger partial charge is 0.481 e.